The van der Waals surface area contributed by atoms with Gasteiger partial charge >= 0.3 is 0 Å². The molecule has 1 atom stereocenters. The van der Waals surface area contributed by atoms with Crippen LogP contribution in [-0.2, 0) is 4.79 Å². The van der Waals surface area contributed by atoms with Gasteiger partial charge in [-0.1, -0.05) is 0 Å². The monoisotopic (exact) mass is 478 g/mol. The minimum absolute atomic E-state index is 0.239. The standard InChI is InChI=1S/C25H30N6O4/c1-18(31-24(32)11-10-21(29-31)19-6-8-20(34-2)9-7-19)25(33)26-12-15-35-23-16-22(27-17-28-23)30-13-4-3-5-14-30/h6-11,16-18H,3-5,12-15H2,1-2H3,(H,26,33). The number of amides is 1. The minimum atomic E-state index is -0.787. The van der Waals surface area contributed by atoms with E-state index >= 15 is 0 Å². The molecule has 35 heavy (non-hydrogen) atoms. The molecule has 0 aliphatic carbocycles. The molecule has 0 spiro atoms. The third kappa shape index (κ3) is 6.14. The Hall–Kier alpha value is -3.95. The number of nitrogens with zero attached hydrogens (tertiary/aromatic N) is 5. The van der Waals surface area contributed by atoms with Crippen molar-refractivity contribution in [3.05, 3.63) is 59.1 Å². The zero-order chi connectivity index (χ0) is 24.6. The van der Waals surface area contributed by atoms with Gasteiger partial charge in [0.15, 0.2) is 0 Å². The molecule has 1 aromatic carbocycles. The summed E-state index contributed by atoms with van der Waals surface area (Å²) < 4.78 is 12.1. The molecule has 4 rings (SSSR count). The van der Waals surface area contributed by atoms with Gasteiger partial charge in [-0.15, -0.1) is 0 Å². The molecule has 0 bridgehead atoms. The van der Waals surface area contributed by atoms with Crippen molar-refractivity contribution in [1.82, 2.24) is 25.1 Å². The van der Waals surface area contributed by atoms with E-state index < -0.39 is 6.04 Å². The molecule has 1 aliphatic rings. The third-order valence-electron chi connectivity index (χ3n) is 5.92. The van der Waals surface area contributed by atoms with E-state index in [1.165, 1.54) is 23.5 Å². The lowest BCUT2D eigenvalue weighted by molar-refractivity contribution is -0.124. The summed E-state index contributed by atoms with van der Waals surface area (Å²) in [6.45, 7) is 4.11. The van der Waals surface area contributed by atoms with E-state index in [2.05, 4.69) is 25.3 Å². The predicted molar refractivity (Wildman–Crippen MR) is 132 cm³/mol. The number of ether oxygens (including phenoxy) is 2. The summed E-state index contributed by atoms with van der Waals surface area (Å²) in [6.07, 6.45) is 5.06. The van der Waals surface area contributed by atoms with Crippen LogP contribution in [0.4, 0.5) is 5.82 Å². The second kappa shape index (κ2) is 11.5. The lowest BCUT2D eigenvalue weighted by Gasteiger charge is -2.27. The first-order valence-corrected chi connectivity index (χ1v) is 11.8. The summed E-state index contributed by atoms with van der Waals surface area (Å²) in [4.78, 5) is 35.8. The van der Waals surface area contributed by atoms with Gasteiger partial charge in [0, 0.05) is 30.8 Å². The van der Waals surface area contributed by atoms with Crippen molar-refractivity contribution in [3.63, 3.8) is 0 Å². The molecule has 1 aliphatic heterocycles. The Bertz CT molecular complexity index is 1190. The van der Waals surface area contributed by atoms with Crippen LogP contribution in [0, 0.1) is 0 Å². The maximum atomic E-state index is 12.7. The van der Waals surface area contributed by atoms with Crippen LogP contribution in [0.25, 0.3) is 11.3 Å². The highest BCUT2D eigenvalue weighted by Crippen LogP contribution is 2.21. The smallest absolute Gasteiger partial charge is 0.267 e. The van der Waals surface area contributed by atoms with Crippen molar-refractivity contribution in [3.8, 4) is 22.9 Å². The Morgan fingerprint density at radius 1 is 1.09 bits per heavy atom. The molecule has 3 aromatic rings. The van der Waals surface area contributed by atoms with Crippen molar-refractivity contribution in [1.29, 1.82) is 0 Å². The van der Waals surface area contributed by atoms with E-state index in [1.54, 1.807) is 20.1 Å². The van der Waals surface area contributed by atoms with E-state index in [0.717, 1.165) is 43.1 Å². The molecule has 0 radical (unpaired) electrons. The molecular formula is C25H30N6O4. The van der Waals surface area contributed by atoms with Crippen LogP contribution in [0.2, 0.25) is 0 Å². The summed E-state index contributed by atoms with van der Waals surface area (Å²) in [7, 11) is 1.60. The van der Waals surface area contributed by atoms with Crippen LogP contribution < -0.4 is 25.2 Å². The Labute approximate surface area is 203 Å². The molecule has 1 fully saturated rings. The largest absolute Gasteiger partial charge is 0.497 e. The number of methoxy groups -OCH3 is 1. The van der Waals surface area contributed by atoms with Crippen molar-refractivity contribution < 1.29 is 14.3 Å². The second-order valence-electron chi connectivity index (χ2n) is 8.31. The van der Waals surface area contributed by atoms with Gasteiger partial charge in [0.25, 0.3) is 5.56 Å². The van der Waals surface area contributed by atoms with Crippen LogP contribution in [0.1, 0.15) is 32.2 Å². The summed E-state index contributed by atoms with van der Waals surface area (Å²) in [5.41, 5.74) is 1.05. The van der Waals surface area contributed by atoms with E-state index in [9.17, 15) is 9.59 Å². The number of carbonyl (C=O) groups is 1. The Morgan fingerprint density at radius 2 is 1.86 bits per heavy atom. The zero-order valence-corrected chi connectivity index (χ0v) is 20.0. The topological polar surface area (TPSA) is 111 Å². The average Bonchev–Trinajstić information content (AvgIpc) is 2.91. The molecule has 1 N–H and O–H groups in total. The normalized spacial score (nSPS) is 14.3. The molecule has 10 nitrogen and oxygen atoms in total. The van der Waals surface area contributed by atoms with Crippen LogP contribution in [0.15, 0.2) is 53.6 Å². The van der Waals surface area contributed by atoms with Crippen molar-refractivity contribution in [2.45, 2.75) is 32.2 Å². The van der Waals surface area contributed by atoms with Crippen molar-refractivity contribution >= 4 is 11.7 Å². The highest BCUT2D eigenvalue weighted by atomic mass is 16.5. The first-order chi connectivity index (χ1) is 17.0. The Balaban J connectivity index is 1.32. The van der Waals surface area contributed by atoms with Gasteiger partial charge in [-0.2, -0.15) is 5.10 Å². The molecule has 184 valence electrons. The lowest BCUT2D eigenvalue weighted by atomic mass is 10.1. The number of anilines is 1. The van der Waals surface area contributed by atoms with E-state index in [1.807, 2.05) is 30.3 Å². The highest BCUT2D eigenvalue weighted by Gasteiger charge is 2.18. The predicted octanol–water partition coefficient (Wildman–Crippen LogP) is 2.46. The van der Waals surface area contributed by atoms with Crippen LogP contribution in [0.5, 0.6) is 11.6 Å². The fourth-order valence-electron chi connectivity index (χ4n) is 3.91. The van der Waals surface area contributed by atoms with Crippen molar-refractivity contribution in [2.24, 2.45) is 0 Å². The van der Waals surface area contributed by atoms with E-state index in [-0.39, 0.29) is 24.6 Å². The van der Waals surface area contributed by atoms with Gasteiger partial charge in [0.05, 0.1) is 19.3 Å². The maximum Gasteiger partial charge on any atom is 0.267 e. The van der Waals surface area contributed by atoms with Gasteiger partial charge in [-0.25, -0.2) is 14.6 Å². The van der Waals surface area contributed by atoms with Gasteiger partial charge in [0.1, 0.15) is 30.5 Å². The summed E-state index contributed by atoms with van der Waals surface area (Å²) >= 11 is 0. The van der Waals surface area contributed by atoms with Gasteiger partial charge in [-0.05, 0) is 56.5 Å². The molecule has 1 unspecified atom stereocenters. The maximum absolute atomic E-state index is 12.7. The van der Waals surface area contributed by atoms with Gasteiger partial charge in [-0.3, -0.25) is 9.59 Å². The molecule has 3 heterocycles. The van der Waals surface area contributed by atoms with Gasteiger partial charge < -0.3 is 19.7 Å². The number of hydrogen-bond donors (Lipinski definition) is 1. The third-order valence-corrected chi connectivity index (χ3v) is 5.92. The number of hydrogen-bond acceptors (Lipinski definition) is 8. The molecule has 2 aromatic heterocycles. The number of rotatable bonds is 9. The molecule has 10 heteroatoms. The number of benzene rings is 1. The minimum Gasteiger partial charge on any atom is -0.497 e. The number of carbonyl (C=O) groups excluding carboxylic acids is 1. The molecule has 0 saturated carbocycles. The highest BCUT2D eigenvalue weighted by molar-refractivity contribution is 5.79. The SMILES string of the molecule is COc1ccc(-c2ccc(=O)n(C(C)C(=O)NCCOc3cc(N4CCCCC4)ncn3)n2)cc1. The molecule has 1 amide bonds. The number of nitrogens with one attached hydrogen (secondary N) is 1. The fraction of sp³-hybridized carbons (Fsp3) is 0.400. The Morgan fingerprint density at radius 3 is 2.60 bits per heavy atom. The molecular weight excluding hydrogens is 448 g/mol. The average molecular weight is 479 g/mol. The zero-order valence-electron chi connectivity index (χ0n) is 20.0. The second-order valence-corrected chi connectivity index (χ2v) is 8.31. The number of piperidine rings is 1. The van der Waals surface area contributed by atoms with E-state index in [0.29, 0.717) is 11.6 Å². The van der Waals surface area contributed by atoms with E-state index in [4.69, 9.17) is 9.47 Å². The van der Waals surface area contributed by atoms with Crippen molar-refractivity contribution in [2.75, 3.05) is 38.3 Å². The molecule has 1 saturated heterocycles. The van der Waals surface area contributed by atoms with Gasteiger partial charge in [0.2, 0.25) is 11.8 Å². The van der Waals surface area contributed by atoms with Crippen LogP contribution >= 0.6 is 0 Å². The Kier molecular flexibility index (Phi) is 7.92. The van der Waals surface area contributed by atoms with Crippen LogP contribution in [-0.4, -0.2) is 59.0 Å². The van der Waals surface area contributed by atoms with Crippen LogP contribution in [0.3, 0.4) is 0 Å². The first kappa shape index (κ1) is 24.2. The lowest BCUT2D eigenvalue weighted by Crippen LogP contribution is -2.38. The first-order valence-electron chi connectivity index (χ1n) is 11.8. The fourth-order valence-corrected chi connectivity index (χ4v) is 3.91. The summed E-state index contributed by atoms with van der Waals surface area (Å²) in [5, 5.41) is 7.20. The summed E-state index contributed by atoms with van der Waals surface area (Å²) in [6, 6.07) is 11.4. The quantitative estimate of drug-likeness (QED) is 0.467. The summed E-state index contributed by atoms with van der Waals surface area (Å²) in [5.74, 6) is 1.72. The number of aromatic nitrogens is 4.